The summed E-state index contributed by atoms with van der Waals surface area (Å²) in [5, 5.41) is 8.18. The summed E-state index contributed by atoms with van der Waals surface area (Å²) < 4.78 is 2.00. The number of hydrogen-bond acceptors (Lipinski definition) is 2. The number of amides is 1. The maximum Gasteiger partial charge on any atom is 0.228 e. The third kappa shape index (κ3) is 4.35. The minimum absolute atomic E-state index is 0.0364. The second-order valence-electron chi connectivity index (χ2n) is 6.41. The third-order valence-electron chi connectivity index (χ3n) is 3.87. The normalized spacial score (nSPS) is 11.1. The first kappa shape index (κ1) is 17.5. The zero-order valence-electron chi connectivity index (χ0n) is 14.4. The van der Waals surface area contributed by atoms with E-state index in [0.29, 0.717) is 17.4 Å². The Morgan fingerprint density at radius 1 is 1.30 bits per heavy atom. The van der Waals surface area contributed by atoms with Crippen molar-refractivity contribution in [1.82, 2.24) is 9.78 Å². The Balaban J connectivity index is 2.12. The van der Waals surface area contributed by atoms with Gasteiger partial charge < -0.3 is 5.32 Å². The van der Waals surface area contributed by atoms with Gasteiger partial charge in [-0.05, 0) is 50.5 Å². The first-order chi connectivity index (χ1) is 10.8. The van der Waals surface area contributed by atoms with Crippen LogP contribution < -0.4 is 5.32 Å². The van der Waals surface area contributed by atoms with Crippen molar-refractivity contribution in [1.29, 1.82) is 0 Å². The van der Waals surface area contributed by atoms with Crippen LogP contribution in [-0.4, -0.2) is 15.7 Å². The quantitative estimate of drug-likeness (QED) is 0.886. The molecule has 4 nitrogen and oxygen atoms in total. The minimum atomic E-state index is -0.0364. The lowest BCUT2D eigenvalue weighted by Crippen LogP contribution is -2.16. The maximum absolute atomic E-state index is 12.4. The van der Waals surface area contributed by atoms with Crippen molar-refractivity contribution in [3.8, 4) is 0 Å². The number of carbonyl (C=O) groups is 1. The predicted octanol–water partition coefficient (Wildman–Crippen LogP) is 4.30. The number of halogens is 1. The van der Waals surface area contributed by atoms with Crippen molar-refractivity contribution < 1.29 is 4.79 Å². The van der Waals surface area contributed by atoms with Crippen LogP contribution in [-0.2, 0) is 17.8 Å². The molecule has 0 radical (unpaired) electrons. The van der Waals surface area contributed by atoms with Gasteiger partial charge in [-0.2, -0.15) is 5.10 Å². The molecule has 0 saturated heterocycles. The number of anilines is 1. The Hall–Kier alpha value is -1.81. The van der Waals surface area contributed by atoms with Crippen LogP contribution in [0.5, 0.6) is 0 Å². The molecule has 5 heteroatoms. The van der Waals surface area contributed by atoms with Crippen LogP contribution in [0.25, 0.3) is 0 Å². The second kappa shape index (κ2) is 7.18. The van der Waals surface area contributed by atoms with E-state index >= 15 is 0 Å². The number of hydrogen-bond donors (Lipinski definition) is 1. The summed E-state index contributed by atoms with van der Waals surface area (Å²) in [6, 6.07) is 5.45. The first-order valence-electron chi connectivity index (χ1n) is 7.86. The number of benzene rings is 1. The maximum atomic E-state index is 12.4. The lowest BCUT2D eigenvalue weighted by molar-refractivity contribution is -0.115. The molecule has 0 aliphatic rings. The number of nitrogens with zero attached hydrogens (tertiary/aromatic N) is 2. The molecule has 0 fully saturated rings. The Kier molecular flexibility index (Phi) is 5.47. The number of aromatic nitrogens is 2. The Morgan fingerprint density at radius 2 is 2.00 bits per heavy atom. The molecule has 1 aromatic carbocycles. The summed E-state index contributed by atoms with van der Waals surface area (Å²) in [6.07, 6.45) is 0.331. The molecule has 1 aromatic heterocycles. The molecule has 0 saturated carbocycles. The molecule has 23 heavy (non-hydrogen) atoms. The van der Waals surface area contributed by atoms with Crippen LogP contribution in [0, 0.1) is 26.7 Å². The van der Waals surface area contributed by atoms with E-state index in [1.807, 2.05) is 37.6 Å². The second-order valence-corrected chi connectivity index (χ2v) is 6.85. The van der Waals surface area contributed by atoms with E-state index < -0.39 is 0 Å². The number of nitrogens with one attached hydrogen (secondary N) is 1. The van der Waals surface area contributed by atoms with E-state index in [1.165, 1.54) is 0 Å². The number of rotatable bonds is 5. The standard InChI is InChI=1S/C18H24ClN3O/c1-11(2)10-22-14(5)16(13(4)21-22)9-18(23)20-17-7-6-15(19)8-12(17)3/h6-8,11H,9-10H2,1-5H3,(H,20,23). The fraction of sp³-hybridized carbons (Fsp3) is 0.444. The van der Waals surface area contributed by atoms with Gasteiger partial charge in [0, 0.05) is 28.5 Å². The van der Waals surface area contributed by atoms with E-state index in [0.717, 1.165) is 34.7 Å². The van der Waals surface area contributed by atoms with Crippen LogP contribution in [0.1, 0.15) is 36.4 Å². The number of aryl methyl sites for hydroxylation is 2. The van der Waals surface area contributed by atoms with Gasteiger partial charge in [-0.3, -0.25) is 9.48 Å². The van der Waals surface area contributed by atoms with Crippen molar-refractivity contribution in [3.05, 3.63) is 45.7 Å². The molecule has 124 valence electrons. The van der Waals surface area contributed by atoms with Gasteiger partial charge in [-0.15, -0.1) is 0 Å². The smallest absolute Gasteiger partial charge is 0.228 e. The molecule has 1 heterocycles. The predicted molar refractivity (Wildman–Crippen MR) is 95.1 cm³/mol. The highest BCUT2D eigenvalue weighted by Gasteiger charge is 2.16. The van der Waals surface area contributed by atoms with E-state index in [-0.39, 0.29) is 5.91 Å². The van der Waals surface area contributed by atoms with Gasteiger partial charge in [0.05, 0.1) is 12.1 Å². The van der Waals surface area contributed by atoms with Crippen molar-refractivity contribution in [2.45, 2.75) is 47.6 Å². The zero-order chi connectivity index (χ0) is 17.1. The van der Waals surface area contributed by atoms with Crippen LogP contribution in [0.2, 0.25) is 5.02 Å². The van der Waals surface area contributed by atoms with E-state index in [9.17, 15) is 4.79 Å². The molecule has 0 atom stereocenters. The van der Waals surface area contributed by atoms with Crippen molar-refractivity contribution in [2.75, 3.05) is 5.32 Å². The van der Waals surface area contributed by atoms with Crippen LogP contribution in [0.15, 0.2) is 18.2 Å². The largest absolute Gasteiger partial charge is 0.326 e. The van der Waals surface area contributed by atoms with Gasteiger partial charge in [-0.1, -0.05) is 25.4 Å². The molecule has 2 rings (SSSR count). The minimum Gasteiger partial charge on any atom is -0.326 e. The monoisotopic (exact) mass is 333 g/mol. The highest BCUT2D eigenvalue weighted by atomic mass is 35.5. The van der Waals surface area contributed by atoms with Crippen molar-refractivity contribution in [3.63, 3.8) is 0 Å². The van der Waals surface area contributed by atoms with Gasteiger partial charge in [-0.25, -0.2) is 0 Å². The van der Waals surface area contributed by atoms with Gasteiger partial charge in [0.1, 0.15) is 0 Å². The molecule has 0 aliphatic heterocycles. The van der Waals surface area contributed by atoms with Crippen LogP contribution >= 0.6 is 11.6 Å². The zero-order valence-corrected chi connectivity index (χ0v) is 15.2. The van der Waals surface area contributed by atoms with Crippen molar-refractivity contribution >= 4 is 23.2 Å². The summed E-state index contributed by atoms with van der Waals surface area (Å²) >= 11 is 5.95. The van der Waals surface area contributed by atoms with Crippen LogP contribution in [0.4, 0.5) is 5.69 Å². The summed E-state index contributed by atoms with van der Waals surface area (Å²) in [5.74, 6) is 0.483. The molecule has 0 aliphatic carbocycles. The van der Waals surface area contributed by atoms with E-state index in [4.69, 9.17) is 11.6 Å². The van der Waals surface area contributed by atoms with Gasteiger partial charge >= 0.3 is 0 Å². The summed E-state index contributed by atoms with van der Waals surface area (Å²) in [6.45, 7) is 11.1. The Morgan fingerprint density at radius 3 is 2.61 bits per heavy atom. The SMILES string of the molecule is Cc1cc(Cl)ccc1NC(=O)Cc1c(C)nn(CC(C)C)c1C. The van der Waals surface area contributed by atoms with E-state index in [2.05, 4.69) is 24.3 Å². The molecular weight excluding hydrogens is 310 g/mol. The summed E-state index contributed by atoms with van der Waals surface area (Å²) in [5.41, 5.74) is 4.75. The Labute approximate surface area is 142 Å². The summed E-state index contributed by atoms with van der Waals surface area (Å²) in [7, 11) is 0. The molecular formula is C18H24ClN3O. The van der Waals surface area contributed by atoms with E-state index in [1.54, 1.807) is 6.07 Å². The molecule has 1 N–H and O–H groups in total. The fourth-order valence-electron chi connectivity index (χ4n) is 2.64. The average molecular weight is 334 g/mol. The third-order valence-corrected chi connectivity index (χ3v) is 4.10. The topological polar surface area (TPSA) is 46.9 Å². The highest BCUT2D eigenvalue weighted by molar-refractivity contribution is 6.30. The molecule has 0 unspecified atom stereocenters. The van der Waals surface area contributed by atoms with Gasteiger partial charge in [0.15, 0.2) is 0 Å². The lowest BCUT2D eigenvalue weighted by Gasteiger charge is -2.10. The summed E-state index contributed by atoms with van der Waals surface area (Å²) in [4.78, 5) is 12.4. The molecule has 2 aromatic rings. The molecule has 0 spiro atoms. The van der Waals surface area contributed by atoms with Crippen LogP contribution in [0.3, 0.4) is 0 Å². The molecule has 1 amide bonds. The van der Waals surface area contributed by atoms with Gasteiger partial charge in [0.25, 0.3) is 0 Å². The Bertz CT molecular complexity index is 719. The highest BCUT2D eigenvalue weighted by Crippen LogP contribution is 2.21. The first-order valence-corrected chi connectivity index (χ1v) is 8.24. The number of carbonyl (C=O) groups excluding carboxylic acids is 1. The molecule has 0 bridgehead atoms. The van der Waals surface area contributed by atoms with Crippen molar-refractivity contribution in [2.24, 2.45) is 5.92 Å². The average Bonchev–Trinajstić information content (AvgIpc) is 2.69. The fourth-order valence-corrected chi connectivity index (χ4v) is 2.86. The lowest BCUT2D eigenvalue weighted by atomic mass is 10.1. The van der Waals surface area contributed by atoms with Gasteiger partial charge in [0.2, 0.25) is 5.91 Å².